The molecular formula is C36H68N2O2. The predicted octanol–water partition coefficient (Wildman–Crippen LogP) is 9.22. The average Bonchev–Trinajstić information content (AvgIpc) is 3.03. The molecule has 4 rings (SSSR count). The molecule has 234 valence electrons. The summed E-state index contributed by atoms with van der Waals surface area (Å²) in [7, 11) is 0. The van der Waals surface area contributed by atoms with Crippen molar-refractivity contribution in [3.05, 3.63) is 0 Å². The molecule has 0 radical (unpaired) electrons. The van der Waals surface area contributed by atoms with E-state index < -0.39 is 0 Å². The Morgan fingerprint density at radius 1 is 0.450 bits per heavy atom. The minimum atomic E-state index is 0.370. The maximum atomic E-state index is 10.4. The van der Waals surface area contributed by atoms with Crippen molar-refractivity contribution in [3.63, 3.8) is 0 Å². The quantitative estimate of drug-likeness (QED) is 0.151. The summed E-state index contributed by atoms with van der Waals surface area (Å²) >= 11 is 0. The lowest BCUT2D eigenvalue weighted by molar-refractivity contribution is -0.107. The highest BCUT2D eigenvalue weighted by molar-refractivity contribution is 5.48. The van der Waals surface area contributed by atoms with Gasteiger partial charge in [0.05, 0.1) is 0 Å². The van der Waals surface area contributed by atoms with Crippen LogP contribution in [0.2, 0.25) is 0 Å². The van der Waals surface area contributed by atoms with Gasteiger partial charge in [0.15, 0.2) is 0 Å². The Morgan fingerprint density at radius 3 is 1.10 bits per heavy atom. The van der Waals surface area contributed by atoms with Gasteiger partial charge in [-0.1, -0.05) is 96.3 Å². The molecule has 0 spiro atoms. The second-order valence-electron chi connectivity index (χ2n) is 13.8. The largest absolute Gasteiger partial charge is 0.396 e. The van der Waals surface area contributed by atoms with Gasteiger partial charge < -0.3 is 9.90 Å². The average molecular weight is 561 g/mol. The smallest absolute Gasteiger partial charge is 0.119 e. The third-order valence-electron chi connectivity index (χ3n) is 10.7. The Hall–Kier alpha value is -0.450. The molecule has 40 heavy (non-hydrogen) atoms. The second-order valence-corrected chi connectivity index (χ2v) is 13.8. The van der Waals surface area contributed by atoms with Crippen molar-refractivity contribution in [1.29, 1.82) is 0 Å². The van der Waals surface area contributed by atoms with Crippen molar-refractivity contribution in [2.24, 2.45) is 0 Å². The van der Waals surface area contributed by atoms with Gasteiger partial charge in [-0.15, -0.1) is 0 Å². The lowest BCUT2D eigenvalue weighted by Crippen LogP contribution is -2.45. The van der Waals surface area contributed by atoms with Crippen LogP contribution >= 0.6 is 0 Å². The molecule has 0 aromatic carbocycles. The van der Waals surface area contributed by atoms with E-state index in [0.717, 1.165) is 49.7 Å². The van der Waals surface area contributed by atoms with Gasteiger partial charge >= 0.3 is 0 Å². The molecule has 4 aliphatic carbocycles. The number of aldehydes is 1. The Bertz CT molecular complexity index is 554. The number of aliphatic hydroxyl groups excluding tert-OH is 1. The van der Waals surface area contributed by atoms with Crippen LogP contribution in [0.3, 0.4) is 0 Å². The molecule has 0 aliphatic heterocycles. The highest BCUT2D eigenvalue weighted by Crippen LogP contribution is 2.32. The number of nitrogens with zero attached hydrogens (tertiary/aromatic N) is 2. The van der Waals surface area contributed by atoms with Gasteiger partial charge in [0.2, 0.25) is 0 Å². The Kier molecular flexibility index (Phi) is 18.8. The number of carbonyl (C=O) groups excluding carboxylic acids is 1. The van der Waals surface area contributed by atoms with E-state index in [1.165, 1.54) is 174 Å². The highest BCUT2D eigenvalue weighted by Gasteiger charge is 2.29. The van der Waals surface area contributed by atoms with Gasteiger partial charge in [-0.3, -0.25) is 9.80 Å². The number of aliphatic hydroxyl groups is 1. The van der Waals surface area contributed by atoms with Crippen LogP contribution in [-0.2, 0) is 4.79 Å². The summed E-state index contributed by atoms with van der Waals surface area (Å²) in [5, 5.41) is 8.87. The number of rotatable bonds is 16. The fourth-order valence-corrected chi connectivity index (χ4v) is 8.44. The van der Waals surface area contributed by atoms with E-state index in [2.05, 4.69) is 9.80 Å². The van der Waals surface area contributed by atoms with Gasteiger partial charge in [-0.2, -0.15) is 0 Å². The maximum Gasteiger partial charge on any atom is 0.119 e. The topological polar surface area (TPSA) is 43.8 Å². The van der Waals surface area contributed by atoms with Crippen molar-refractivity contribution in [2.75, 3.05) is 19.7 Å². The summed E-state index contributed by atoms with van der Waals surface area (Å²) in [6.45, 7) is 2.98. The molecular weight excluding hydrogens is 492 g/mol. The Labute approximate surface area is 249 Å². The zero-order valence-electron chi connectivity index (χ0n) is 26.6. The molecule has 0 amide bonds. The molecule has 0 heterocycles. The molecule has 4 saturated carbocycles. The van der Waals surface area contributed by atoms with Crippen LogP contribution in [0, 0.1) is 0 Å². The minimum Gasteiger partial charge on any atom is -0.396 e. The molecule has 0 saturated heterocycles. The number of hydrogen-bond donors (Lipinski definition) is 1. The molecule has 0 aromatic rings. The first-order chi connectivity index (χ1) is 19.8. The molecule has 4 fully saturated rings. The van der Waals surface area contributed by atoms with Gasteiger partial charge in [0.25, 0.3) is 0 Å². The first kappa shape index (κ1) is 34.0. The van der Waals surface area contributed by atoms with Crippen molar-refractivity contribution < 1.29 is 9.90 Å². The van der Waals surface area contributed by atoms with E-state index in [0.29, 0.717) is 6.61 Å². The van der Waals surface area contributed by atoms with Crippen molar-refractivity contribution in [2.45, 2.75) is 204 Å². The minimum absolute atomic E-state index is 0.370. The van der Waals surface area contributed by atoms with E-state index >= 15 is 0 Å². The standard InChI is InChI=1S/C18H35NO.C18H33NO/c2*20-16-10-2-1-9-15-19(17-11-5-3-6-12-17)18-13-7-4-8-14-18/h17-18,20H,1-16H2;16-18H,1-15H2. The summed E-state index contributed by atoms with van der Waals surface area (Å²) < 4.78 is 0. The normalized spacial score (nSPS) is 22.4. The van der Waals surface area contributed by atoms with Crippen LogP contribution in [0.1, 0.15) is 180 Å². The zero-order chi connectivity index (χ0) is 28.1. The van der Waals surface area contributed by atoms with Crippen molar-refractivity contribution in [1.82, 2.24) is 9.80 Å². The molecule has 0 bridgehead atoms. The van der Waals surface area contributed by atoms with Gasteiger partial charge in [-0.05, 0) is 90.1 Å². The molecule has 4 aliphatic rings. The first-order valence-electron chi connectivity index (χ1n) is 18.4. The van der Waals surface area contributed by atoms with Crippen LogP contribution in [0.5, 0.6) is 0 Å². The summed E-state index contributed by atoms with van der Waals surface area (Å²) in [5.74, 6) is 0. The third kappa shape index (κ3) is 13.2. The molecule has 1 N–H and O–H groups in total. The van der Waals surface area contributed by atoms with Gasteiger partial charge in [0.1, 0.15) is 6.29 Å². The molecule has 0 atom stereocenters. The SMILES string of the molecule is O=CCCCCCN(C1CCCCC1)C1CCCCC1.OCCCCCCN(C1CCCCC1)C1CCCCC1. The summed E-state index contributed by atoms with van der Waals surface area (Å²) in [4.78, 5) is 16.2. The Morgan fingerprint density at radius 2 is 0.775 bits per heavy atom. The number of hydrogen-bond acceptors (Lipinski definition) is 4. The van der Waals surface area contributed by atoms with Crippen LogP contribution in [0.25, 0.3) is 0 Å². The van der Waals surface area contributed by atoms with Crippen LogP contribution in [0.4, 0.5) is 0 Å². The molecule has 4 heteroatoms. The van der Waals surface area contributed by atoms with Gasteiger partial charge in [-0.25, -0.2) is 0 Å². The molecule has 0 unspecified atom stereocenters. The van der Waals surface area contributed by atoms with Gasteiger partial charge in [0, 0.05) is 37.2 Å². The van der Waals surface area contributed by atoms with Crippen LogP contribution in [-0.4, -0.2) is 65.1 Å². The van der Waals surface area contributed by atoms with E-state index in [9.17, 15) is 4.79 Å². The fraction of sp³-hybridized carbons (Fsp3) is 0.972. The number of carbonyl (C=O) groups is 1. The summed E-state index contributed by atoms with van der Waals surface area (Å²) in [6.07, 6.45) is 39.3. The summed E-state index contributed by atoms with van der Waals surface area (Å²) in [5.41, 5.74) is 0. The fourth-order valence-electron chi connectivity index (χ4n) is 8.44. The van der Waals surface area contributed by atoms with Crippen molar-refractivity contribution >= 4 is 6.29 Å². The lowest BCUT2D eigenvalue weighted by atomic mass is 9.88. The van der Waals surface area contributed by atoms with Crippen LogP contribution < -0.4 is 0 Å². The summed E-state index contributed by atoms with van der Waals surface area (Å²) in [6, 6.07) is 3.53. The van der Waals surface area contributed by atoms with Crippen LogP contribution in [0.15, 0.2) is 0 Å². The zero-order valence-corrected chi connectivity index (χ0v) is 26.6. The highest BCUT2D eigenvalue weighted by atomic mass is 16.2. The monoisotopic (exact) mass is 561 g/mol. The molecule has 4 nitrogen and oxygen atoms in total. The third-order valence-corrected chi connectivity index (χ3v) is 10.7. The van der Waals surface area contributed by atoms with E-state index in [4.69, 9.17) is 5.11 Å². The maximum absolute atomic E-state index is 10.4. The predicted molar refractivity (Wildman–Crippen MR) is 171 cm³/mol. The molecule has 0 aromatic heterocycles. The number of unbranched alkanes of at least 4 members (excludes halogenated alkanes) is 6. The van der Waals surface area contributed by atoms with E-state index in [1.807, 2.05) is 0 Å². The van der Waals surface area contributed by atoms with E-state index in [1.54, 1.807) is 0 Å². The lowest BCUT2D eigenvalue weighted by Gasteiger charge is -2.41. The first-order valence-corrected chi connectivity index (χ1v) is 18.4. The Balaban J connectivity index is 0.000000220. The second kappa shape index (κ2) is 22.1. The van der Waals surface area contributed by atoms with Crippen molar-refractivity contribution in [3.8, 4) is 0 Å². The van der Waals surface area contributed by atoms with E-state index in [-0.39, 0.29) is 0 Å².